The maximum absolute atomic E-state index is 9.25. The largest absolute Gasteiger partial charge is 0.508 e. The van der Waals surface area contributed by atoms with Crippen molar-refractivity contribution in [3.8, 4) is 5.75 Å². The Morgan fingerprint density at radius 2 is 1.90 bits per heavy atom. The Balaban J connectivity index is 1.80. The van der Waals surface area contributed by atoms with E-state index < -0.39 is 0 Å². The Labute approximate surface area is 119 Å². The van der Waals surface area contributed by atoms with Crippen LogP contribution >= 0.6 is 0 Å². The number of aromatic hydroxyl groups is 1. The van der Waals surface area contributed by atoms with Crippen molar-refractivity contribution >= 4 is 0 Å². The highest BCUT2D eigenvalue weighted by Crippen LogP contribution is 2.13. The van der Waals surface area contributed by atoms with E-state index in [0.29, 0.717) is 11.8 Å². The van der Waals surface area contributed by atoms with Gasteiger partial charge in [0, 0.05) is 30.7 Å². The Kier molecular flexibility index (Phi) is 5.07. The molecule has 2 aromatic rings. The second-order valence-electron chi connectivity index (χ2n) is 5.12. The highest BCUT2D eigenvalue weighted by Gasteiger charge is 2.10. The van der Waals surface area contributed by atoms with Crippen LogP contribution in [0.25, 0.3) is 0 Å². The second-order valence-corrected chi connectivity index (χ2v) is 5.12. The van der Waals surface area contributed by atoms with E-state index in [-0.39, 0.29) is 6.04 Å². The van der Waals surface area contributed by atoms with Gasteiger partial charge in [0.05, 0.1) is 5.69 Å². The van der Waals surface area contributed by atoms with Crippen LogP contribution in [0.1, 0.15) is 37.6 Å². The standard InChI is InChI=1S/C16H21N3O/c1-12(3-4-14-5-7-15(20)8-6-14)19-13(2)16-11-17-9-10-18-16/h5-13,19-20H,3-4H2,1-2H3. The molecule has 0 radical (unpaired) electrons. The zero-order chi connectivity index (χ0) is 14.4. The van der Waals surface area contributed by atoms with Crippen molar-refractivity contribution in [1.29, 1.82) is 0 Å². The molecule has 0 bridgehead atoms. The average Bonchev–Trinajstić information content (AvgIpc) is 2.47. The van der Waals surface area contributed by atoms with Gasteiger partial charge in [-0.15, -0.1) is 0 Å². The first-order valence-corrected chi connectivity index (χ1v) is 6.95. The van der Waals surface area contributed by atoms with Crippen molar-refractivity contribution in [2.45, 2.75) is 38.8 Å². The minimum Gasteiger partial charge on any atom is -0.508 e. The molecule has 2 unspecified atom stereocenters. The summed E-state index contributed by atoms with van der Waals surface area (Å²) in [7, 11) is 0. The summed E-state index contributed by atoms with van der Waals surface area (Å²) in [6.07, 6.45) is 7.22. The van der Waals surface area contributed by atoms with Crippen LogP contribution in [0, 0.1) is 0 Å². The fourth-order valence-corrected chi connectivity index (χ4v) is 2.18. The normalized spacial score (nSPS) is 13.9. The monoisotopic (exact) mass is 271 g/mol. The lowest BCUT2D eigenvalue weighted by Crippen LogP contribution is -2.29. The number of aromatic nitrogens is 2. The molecule has 2 N–H and O–H groups in total. The summed E-state index contributed by atoms with van der Waals surface area (Å²) < 4.78 is 0. The molecule has 0 aliphatic heterocycles. The van der Waals surface area contributed by atoms with Crippen molar-refractivity contribution < 1.29 is 5.11 Å². The molecule has 1 aromatic heterocycles. The van der Waals surface area contributed by atoms with Crippen molar-refractivity contribution in [3.05, 3.63) is 54.1 Å². The molecule has 0 fully saturated rings. The van der Waals surface area contributed by atoms with E-state index in [1.54, 1.807) is 30.7 Å². The van der Waals surface area contributed by atoms with Crippen LogP contribution in [0.4, 0.5) is 0 Å². The predicted molar refractivity (Wildman–Crippen MR) is 79.5 cm³/mol. The zero-order valence-electron chi connectivity index (χ0n) is 12.0. The summed E-state index contributed by atoms with van der Waals surface area (Å²) >= 11 is 0. The van der Waals surface area contributed by atoms with Gasteiger partial charge in [0.15, 0.2) is 0 Å². The molecule has 0 saturated carbocycles. The van der Waals surface area contributed by atoms with E-state index >= 15 is 0 Å². The lowest BCUT2D eigenvalue weighted by molar-refractivity contribution is 0.449. The molecule has 2 atom stereocenters. The Bertz CT molecular complexity index is 513. The lowest BCUT2D eigenvalue weighted by Gasteiger charge is -2.19. The van der Waals surface area contributed by atoms with E-state index in [9.17, 15) is 5.11 Å². The van der Waals surface area contributed by atoms with Gasteiger partial charge in [-0.05, 0) is 44.4 Å². The first-order valence-electron chi connectivity index (χ1n) is 6.95. The number of hydrogen-bond acceptors (Lipinski definition) is 4. The van der Waals surface area contributed by atoms with Gasteiger partial charge >= 0.3 is 0 Å². The number of rotatable bonds is 6. The molecule has 106 valence electrons. The van der Waals surface area contributed by atoms with E-state index in [2.05, 4.69) is 29.1 Å². The number of aryl methyl sites for hydroxylation is 1. The van der Waals surface area contributed by atoms with E-state index in [1.807, 2.05) is 12.1 Å². The molecule has 0 aliphatic rings. The van der Waals surface area contributed by atoms with Crippen molar-refractivity contribution in [2.24, 2.45) is 0 Å². The third-order valence-corrected chi connectivity index (χ3v) is 3.36. The second kappa shape index (κ2) is 7.01. The van der Waals surface area contributed by atoms with Gasteiger partial charge in [-0.1, -0.05) is 12.1 Å². The minimum atomic E-state index is 0.193. The van der Waals surface area contributed by atoms with Gasteiger partial charge in [0.25, 0.3) is 0 Å². The van der Waals surface area contributed by atoms with Gasteiger partial charge in [-0.25, -0.2) is 0 Å². The molecular formula is C16H21N3O. The number of nitrogens with one attached hydrogen (secondary N) is 1. The van der Waals surface area contributed by atoms with Crippen LogP contribution < -0.4 is 5.32 Å². The van der Waals surface area contributed by atoms with Gasteiger partial charge < -0.3 is 10.4 Å². The van der Waals surface area contributed by atoms with Crippen molar-refractivity contribution in [3.63, 3.8) is 0 Å². The number of phenolic OH excluding ortho intramolecular Hbond substituents is 1. The highest BCUT2D eigenvalue weighted by atomic mass is 16.3. The molecule has 0 aliphatic carbocycles. The Hall–Kier alpha value is -1.94. The smallest absolute Gasteiger partial charge is 0.115 e. The van der Waals surface area contributed by atoms with Crippen LogP contribution in [0.15, 0.2) is 42.9 Å². The molecule has 2 rings (SSSR count). The molecule has 1 aromatic carbocycles. The summed E-state index contributed by atoms with van der Waals surface area (Å²) in [5.41, 5.74) is 2.20. The first-order chi connectivity index (χ1) is 9.65. The lowest BCUT2D eigenvalue weighted by atomic mass is 10.1. The Morgan fingerprint density at radius 1 is 1.15 bits per heavy atom. The van der Waals surface area contributed by atoms with E-state index in [4.69, 9.17) is 0 Å². The van der Waals surface area contributed by atoms with Crippen LogP contribution in [0.5, 0.6) is 5.75 Å². The highest BCUT2D eigenvalue weighted by molar-refractivity contribution is 5.25. The Morgan fingerprint density at radius 3 is 2.55 bits per heavy atom. The quantitative estimate of drug-likeness (QED) is 0.848. The summed E-state index contributed by atoms with van der Waals surface area (Å²) in [6, 6.07) is 7.98. The summed E-state index contributed by atoms with van der Waals surface area (Å²) in [6.45, 7) is 4.27. The third-order valence-electron chi connectivity index (χ3n) is 3.36. The summed E-state index contributed by atoms with van der Waals surface area (Å²) in [5.74, 6) is 0.316. The van der Waals surface area contributed by atoms with Gasteiger partial charge in [0.1, 0.15) is 5.75 Å². The number of hydrogen-bond donors (Lipinski definition) is 2. The maximum Gasteiger partial charge on any atom is 0.115 e. The molecule has 0 spiro atoms. The van der Waals surface area contributed by atoms with Crippen LogP contribution in [-0.4, -0.2) is 21.1 Å². The zero-order valence-corrected chi connectivity index (χ0v) is 12.0. The summed E-state index contributed by atoms with van der Waals surface area (Å²) in [4.78, 5) is 8.40. The molecule has 0 saturated heterocycles. The molecule has 4 heteroatoms. The molecular weight excluding hydrogens is 250 g/mol. The van der Waals surface area contributed by atoms with Crippen LogP contribution in [0.2, 0.25) is 0 Å². The third kappa shape index (κ3) is 4.31. The van der Waals surface area contributed by atoms with Gasteiger partial charge in [0.2, 0.25) is 0 Å². The van der Waals surface area contributed by atoms with Crippen molar-refractivity contribution in [2.75, 3.05) is 0 Å². The van der Waals surface area contributed by atoms with Crippen LogP contribution in [0.3, 0.4) is 0 Å². The molecule has 0 amide bonds. The van der Waals surface area contributed by atoms with Gasteiger partial charge in [-0.3, -0.25) is 9.97 Å². The number of benzene rings is 1. The fraction of sp³-hybridized carbons (Fsp3) is 0.375. The van der Waals surface area contributed by atoms with E-state index in [0.717, 1.165) is 18.5 Å². The topological polar surface area (TPSA) is 58.0 Å². The van der Waals surface area contributed by atoms with Crippen LogP contribution in [-0.2, 0) is 6.42 Å². The maximum atomic E-state index is 9.25. The summed E-state index contributed by atoms with van der Waals surface area (Å²) in [5, 5.41) is 12.8. The number of nitrogens with zero attached hydrogens (tertiary/aromatic N) is 2. The minimum absolute atomic E-state index is 0.193. The fourth-order valence-electron chi connectivity index (χ4n) is 2.18. The SMILES string of the molecule is CC(CCc1ccc(O)cc1)NC(C)c1cnccn1. The first kappa shape index (κ1) is 14.5. The average molecular weight is 271 g/mol. The van der Waals surface area contributed by atoms with E-state index in [1.165, 1.54) is 5.56 Å². The molecule has 4 nitrogen and oxygen atoms in total. The van der Waals surface area contributed by atoms with Gasteiger partial charge in [-0.2, -0.15) is 0 Å². The number of phenols is 1. The van der Waals surface area contributed by atoms with Crippen molar-refractivity contribution in [1.82, 2.24) is 15.3 Å². The predicted octanol–water partition coefficient (Wildman–Crippen LogP) is 2.85. The molecule has 1 heterocycles. The molecule has 20 heavy (non-hydrogen) atoms.